The van der Waals surface area contributed by atoms with Crippen LogP contribution in [0.15, 0.2) is 24.3 Å². The number of benzene rings is 1. The zero-order valence-corrected chi connectivity index (χ0v) is 9.49. The second-order valence-corrected chi connectivity index (χ2v) is 4.23. The molecule has 1 atom stereocenters. The van der Waals surface area contributed by atoms with Crippen molar-refractivity contribution in [1.82, 2.24) is 5.32 Å². The topological polar surface area (TPSA) is 21.3 Å². The Kier molecular flexibility index (Phi) is 3.27. The van der Waals surface area contributed by atoms with E-state index in [1.807, 2.05) is 19.2 Å². The first-order chi connectivity index (χ1) is 7.35. The van der Waals surface area contributed by atoms with E-state index in [2.05, 4.69) is 17.4 Å². The minimum Gasteiger partial charge on any atom is -0.497 e. The van der Waals surface area contributed by atoms with E-state index in [4.69, 9.17) is 4.74 Å². The average Bonchev–Trinajstić information content (AvgIpc) is 2.23. The van der Waals surface area contributed by atoms with E-state index in [1.165, 1.54) is 24.8 Å². The molecule has 0 saturated heterocycles. The Bertz CT molecular complexity index is 303. The molecule has 2 nitrogen and oxygen atoms in total. The number of ether oxygens (including phenoxy) is 1. The number of rotatable bonds is 4. The Morgan fingerprint density at radius 1 is 1.27 bits per heavy atom. The first-order valence-electron chi connectivity index (χ1n) is 5.66. The summed E-state index contributed by atoms with van der Waals surface area (Å²) in [6, 6.07) is 8.93. The fourth-order valence-electron chi connectivity index (χ4n) is 2.26. The largest absolute Gasteiger partial charge is 0.497 e. The molecule has 1 N–H and O–H groups in total. The summed E-state index contributed by atoms with van der Waals surface area (Å²) in [6.07, 6.45) is 4.11. The van der Waals surface area contributed by atoms with Gasteiger partial charge < -0.3 is 10.1 Å². The van der Waals surface area contributed by atoms with Crippen LogP contribution < -0.4 is 10.1 Å². The molecule has 2 heteroatoms. The van der Waals surface area contributed by atoms with Crippen LogP contribution in [-0.4, -0.2) is 14.2 Å². The molecular formula is C13H19NO. The molecule has 1 aliphatic rings. The zero-order valence-electron chi connectivity index (χ0n) is 9.49. The van der Waals surface area contributed by atoms with Crippen LogP contribution >= 0.6 is 0 Å². The highest BCUT2D eigenvalue weighted by Crippen LogP contribution is 2.37. The summed E-state index contributed by atoms with van der Waals surface area (Å²) in [6.45, 7) is 0. The van der Waals surface area contributed by atoms with Gasteiger partial charge in [-0.3, -0.25) is 0 Å². The van der Waals surface area contributed by atoms with Gasteiger partial charge in [0.25, 0.3) is 0 Å². The second kappa shape index (κ2) is 4.67. The van der Waals surface area contributed by atoms with Crippen molar-refractivity contribution < 1.29 is 4.74 Å². The predicted molar refractivity (Wildman–Crippen MR) is 62.1 cm³/mol. The van der Waals surface area contributed by atoms with Gasteiger partial charge in [0.1, 0.15) is 5.75 Å². The van der Waals surface area contributed by atoms with E-state index in [-0.39, 0.29) is 0 Å². The number of hydrogen-bond acceptors (Lipinski definition) is 2. The molecule has 1 aromatic rings. The maximum atomic E-state index is 5.16. The lowest BCUT2D eigenvalue weighted by Crippen LogP contribution is -2.29. The smallest absolute Gasteiger partial charge is 0.118 e. The number of nitrogens with one attached hydrogen (secondary N) is 1. The minimum absolute atomic E-state index is 0.518. The first kappa shape index (κ1) is 10.5. The van der Waals surface area contributed by atoms with Crippen molar-refractivity contribution in [3.8, 4) is 5.75 Å². The van der Waals surface area contributed by atoms with E-state index in [9.17, 15) is 0 Å². The van der Waals surface area contributed by atoms with Crippen LogP contribution in [0, 0.1) is 5.92 Å². The second-order valence-electron chi connectivity index (χ2n) is 4.23. The van der Waals surface area contributed by atoms with Crippen LogP contribution in [0.4, 0.5) is 0 Å². The maximum Gasteiger partial charge on any atom is 0.118 e. The van der Waals surface area contributed by atoms with Crippen molar-refractivity contribution in [3.63, 3.8) is 0 Å². The lowest BCUT2D eigenvalue weighted by molar-refractivity contribution is 0.239. The molecule has 15 heavy (non-hydrogen) atoms. The molecule has 1 aliphatic carbocycles. The molecule has 0 amide bonds. The molecular weight excluding hydrogens is 186 g/mol. The average molecular weight is 205 g/mol. The van der Waals surface area contributed by atoms with Gasteiger partial charge >= 0.3 is 0 Å². The summed E-state index contributed by atoms with van der Waals surface area (Å²) in [5.74, 6) is 1.76. The summed E-state index contributed by atoms with van der Waals surface area (Å²) in [4.78, 5) is 0. The molecule has 0 aliphatic heterocycles. The summed E-state index contributed by atoms with van der Waals surface area (Å²) >= 11 is 0. The highest BCUT2D eigenvalue weighted by atomic mass is 16.5. The van der Waals surface area contributed by atoms with Crippen molar-refractivity contribution >= 4 is 0 Å². The van der Waals surface area contributed by atoms with E-state index in [0.717, 1.165) is 11.7 Å². The monoisotopic (exact) mass is 205 g/mol. The van der Waals surface area contributed by atoms with Crippen LogP contribution in [0.2, 0.25) is 0 Å². The van der Waals surface area contributed by atoms with Crippen molar-refractivity contribution in [1.29, 1.82) is 0 Å². The third-order valence-corrected chi connectivity index (χ3v) is 3.41. The minimum atomic E-state index is 0.518. The molecule has 0 heterocycles. The quantitative estimate of drug-likeness (QED) is 0.816. The number of methoxy groups -OCH3 is 1. The molecule has 1 saturated carbocycles. The lowest BCUT2D eigenvalue weighted by atomic mass is 9.77. The Morgan fingerprint density at radius 2 is 1.93 bits per heavy atom. The van der Waals surface area contributed by atoms with Gasteiger partial charge in [-0.25, -0.2) is 0 Å². The third kappa shape index (κ3) is 2.15. The first-order valence-corrected chi connectivity index (χ1v) is 5.66. The maximum absolute atomic E-state index is 5.16. The molecule has 2 rings (SSSR count). The van der Waals surface area contributed by atoms with Gasteiger partial charge in [-0.15, -0.1) is 0 Å². The van der Waals surface area contributed by atoms with E-state index in [1.54, 1.807) is 7.11 Å². The molecule has 0 aromatic heterocycles. The van der Waals surface area contributed by atoms with Gasteiger partial charge in [-0.05, 0) is 43.5 Å². The normalized spacial score (nSPS) is 18.3. The Balaban J connectivity index is 2.11. The van der Waals surface area contributed by atoms with Gasteiger partial charge in [0, 0.05) is 6.04 Å². The van der Waals surface area contributed by atoms with Gasteiger partial charge in [0.15, 0.2) is 0 Å². The van der Waals surface area contributed by atoms with Gasteiger partial charge in [0.05, 0.1) is 7.11 Å². The van der Waals surface area contributed by atoms with Crippen molar-refractivity contribution in [2.45, 2.75) is 25.3 Å². The van der Waals surface area contributed by atoms with Crippen LogP contribution in [0.1, 0.15) is 30.9 Å². The Labute approximate surface area is 91.6 Å². The Hall–Kier alpha value is -1.02. The van der Waals surface area contributed by atoms with E-state index >= 15 is 0 Å². The summed E-state index contributed by atoms with van der Waals surface area (Å²) in [5, 5.41) is 3.42. The highest BCUT2D eigenvalue weighted by Gasteiger charge is 2.26. The van der Waals surface area contributed by atoms with Crippen LogP contribution in [0.25, 0.3) is 0 Å². The summed E-state index contributed by atoms with van der Waals surface area (Å²) in [7, 11) is 3.75. The molecule has 82 valence electrons. The molecule has 1 unspecified atom stereocenters. The van der Waals surface area contributed by atoms with Crippen molar-refractivity contribution in [2.75, 3.05) is 14.2 Å². The van der Waals surface area contributed by atoms with Crippen LogP contribution in [0.3, 0.4) is 0 Å². The fourth-order valence-corrected chi connectivity index (χ4v) is 2.26. The van der Waals surface area contributed by atoms with Crippen molar-refractivity contribution in [3.05, 3.63) is 29.8 Å². The van der Waals surface area contributed by atoms with Crippen LogP contribution in [0.5, 0.6) is 5.75 Å². The van der Waals surface area contributed by atoms with E-state index < -0.39 is 0 Å². The molecule has 1 aromatic carbocycles. The van der Waals surface area contributed by atoms with Gasteiger partial charge in [-0.1, -0.05) is 18.6 Å². The molecule has 0 spiro atoms. The standard InChI is InChI=1S/C13H19NO/c1-14-13(10-4-3-5-10)11-6-8-12(15-2)9-7-11/h6-10,13-14H,3-5H2,1-2H3. The molecule has 1 fully saturated rings. The zero-order chi connectivity index (χ0) is 10.7. The SMILES string of the molecule is CNC(c1ccc(OC)cc1)C1CCC1. The van der Waals surface area contributed by atoms with Crippen LogP contribution in [-0.2, 0) is 0 Å². The highest BCUT2D eigenvalue weighted by molar-refractivity contribution is 5.29. The fraction of sp³-hybridized carbons (Fsp3) is 0.538. The van der Waals surface area contributed by atoms with Gasteiger partial charge in [-0.2, -0.15) is 0 Å². The molecule has 0 radical (unpaired) electrons. The number of hydrogen-bond donors (Lipinski definition) is 1. The Morgan fingerprint density at radius 3 is 2.33 bits per heavy atom. The predicted octanol–water partition coefficient (Wildman–Crippen LogP) is 2.76. The van der Waals surface area contributed by atoms with Gasteiger partial charge in [0.2, 0.25) is 0 Å². The van der Waals surface area contributed by atoms with Crippen molar-refractivity contribution in [2.24, 2.45) is 5.92 Å². The third-order valence-electron chi connectivity index (χ3n) is 3.41. The summed E-state index contributed by atoms with van der Waals surface area (Å²) < 4.78 is 5.16. The summed E-state index contributed by atoms with van der Waals surface area (Å²) in [5.41, 5.74) is 1.38. The lowest BCUT2D eigenvalue weighted by Gasteiger charge is -2.34. The van der Waals surface area contributed by atoms with E-state index in [0.29, 0.717) is 6.04 Å². The molecule has 0 bridgehead atoms.